The molecule has 22 heteroatoms. The third kappa shape index (κ3) is 13.6. The molecule has 0 spiro atoms. The topological polar surface area (TPSA) is 17.8 Å². The van der Waals surface area contributed by atoms with Crippen LogP contribution < -0.4 is 0 Å². The maximum absolute atomic E-state index is 4.13. The van der Waals surface area contributed by atoms with Crippen LogP contribution in [0, 0.1) is 13.8 Å². The van der Waals surface area contributed by atoms with Crippen molar-refractivity contribution in [2.45, 2.75) is 13.8 Å². The molecular formula is C6H32N2P20. The van der Waals surface area contributed by atoms with Crippen molar-refractivity contribution in [1.29, 1.82) is 0 Å². The van der Waals surface area contributed by atoms with Crippen molar-refractivity contribution < 1.29 is 0 Å². The van der Waals surface area contributed by atoms with E-state index in [1.54, 1.807) is 0 Å². The summed E-state index contributed by atoms with van der Waals surface area (Å²) in [6.45, 7) is 4.66. The Balaban J connectivity index is 0.000000749. The third-order valence-corrected chi connectivity index (χ3v) is 128. The van der Waals surface area contributed by atoms with E-state index < -0.39 is 0 Å². The lowest BCUT2D eigenvalue weighted by atomic mass is 10.4. The molecule has 28 heavy (non-hydrogen) atoms. The van der Waals surface area contributed by atoms with Crippen molar-refractivity contribution in [3.63, 3.8) is 0 Å². The van der Waals surface area contributed by atoms with Gasteiger partial charge in [-0.2, -0.15) is 5.10 Å². The Morgan fingerprint density at radius 3 is 1.14 bits per heavy atom. The van der Waals surface area contributed by atoms with E-state index >= 15 is 0 Å². The van der Waals surface area contributed by atoms with Gasteiger partial charge in [0.15, 0.2) is 0 Å². The van der Waals surface area contributed by atoms with Gasteiger partial charge in [0.2, 0.25) is 0 Å². The molecule has 12 atom stereocenters. The maximum Gasteiger partial charge on any atom is 0.0596 e. The number of hydrogen-bond donors (Lipinski definition) is 0. The van der Waals surface area contributed by atoms with Crippen LogP contribution in [0.25, 0.3) is 0 Å². The number of rotatable bonds is 8. The highest BCUT2D eigenvalue weighted by Crippen LogP contribution is 3.30. The van der Waals surface area contributed by atoms with Gasteiger partial charge in [0, 0.05) is 12.7 Å². The summed E-state index contributed by atoms with van der Waals surface area (Å²) in [4.78, 5) is 0. The highest BCUT2D eigenvalue weighted by Gasteiger charge is 2.41. The first-order valence-electron chi connectivity index (χ1n) is 7.11. The van der Waals surface area contributed by atoms with E-state index in [-0.39, 0.29) is 62.9 Å². The Bertz CT molecular complexity index is 501. The molecule has 1 heterocycles. The SMILES string of the molecule is Cc1cc(C)n(C)n1.PP(P)P(P)P(P(P(P)P)P(P)P)P(P(P)P)P(P)P. The summed E-state index contributed by atoms with van der Waals surface area (Å²) in [6, 6.07) is 2.06. The summed E-state index contributed by atoms with van der Waals surface area (Å²) in [5.74, 6) is 0. The second kappa shape index (κ2) is 19.0. The lowest BCUT2D eigenvalue weighted by molar-refractivity contribution is 0.731. The van der Waals surface area contributed by atoms with Gasteiger partial charge in [0.1, 0.15) is 0 Å². The molecule has 12 unspecified atom stereocenters. The van der Waals surface area contributed by atoms with Gasteiger partial charge in [0.05, 0.1) is 5.69 Å². The monoisotopic (exact) mass is 752 g/mol. The summed E-state index contributed by atoms with van der Waals surface area (Å²) in [7, 11) is 36.7. The van der Waals surface area contributed by atoms with Gasteiger partial charge >= 0.3 is 0 Å². The van der Waals surface area contributed by atoms with Crippen molar-refractivity contribution in [1.82, 2.24) is 9.78 Å². The van der Waals surface area contributed by atoms with Crippen LogP contribution in [0.2, 0.25) is 0 Å². The van der Waals surface area contributed by atoms with Gasteiger partial charge in [-0.3, -0.25) is 4.68 Å². The predicted octanol–water partition coefficient (Wildman–Crippen LogP) is 12.4. The molecule has 2 nitrogen and oxygen atoms in total. The molecule has 0 saturated heterocycles. The molecule has 1 rings (SSSR count). The first-order valence-corrected chi connectivity index (χ1v) is 42.6. The normalized spacial score (nSPS) is 13.6. The fourth-order valence-electron chi connectivity index (χ4n) is 1.68. The largest absolute Gasteiger partial charge is 0.273 e. The van der Waals surface area contributed by atoms with Crippen LogP contribution in [-0.2, 0) is 7.05 Å². The van der Waals surface area contributed by atoms with Gasteiger partial charge in [-0.15, -0.1) is 98.2 Å². The second-order valence-electron chi connectivity index (χ2n) is 5.08. The van der Waals surface area contributed by atoms with Gasteiger partial charge in [0.25, 0.3) is 0 Å². The second-order valence-corrected chi connectivity index (χ2v) is 83.7. The van der Waals surface area contributed by atoms with Crippen LogP contribution in [-0.4, -0.2) is 9.78 Å². The van der Waals surface area contributed by atoms with E-state index in [0.717, 1.165) is 5.69 Å². The number of aromatic nitrogens is 2. The Kier molecular flexibility index (Phi) is 24.3. The molecule has 0 amide bonds. The minimum absolute atomic E-state index is 0.0247. The van der Waals surface area contributed by atoms with Crippen molar-refractivity contribution in [2.75, 3.05) is 0 Å². The third-order valence-electron chi connectivity index (χ3n) is 2.80. The smallest absolute Gasteiger partial charge is 0.0596 e. The average molecular weight is 752 g/mol. The van der Waals surface area contributed by atoms with Crippen molar-refractivity contribution >= 4 is 161 Å². The van der Waals surface area contributed by atoms with Gasteiger partial charge in [-0.25, -0.2) is 0 Å². The molecule has 0 bridgehead atoms. The standard InChI is InChI=1S/C6H10N2.H22P20/c1-5-4-6(2)8(3)7-5;1-12(2)17(11)20(18(13(3)4)14(5)6)19(15(7)8)16(9)10/h4H,1-3H3;1-11H2. The van der Waals surface area contributed by atoms with Crippen LogP contribution in [0.15, 0.2) is 6.07 Å². The van der Waals surface area contributed by atoms with Crippen LogP contribution in [0.4, 0.5) is 0 Å². The van der Waals surface area contributed by atoms with Crippen molar-refractivity contribution in [3.05, 3.63) is 17.5 Å². The van der Waals surface area contributed by atoms with Crippen LogP contribution >= 0.6 is 161 Å². The number of aryl methyl sites for hydroxylation is 3. The predicted molar refractivity (Wildman–Crippen MR) is 202 cm³/mol. The number of nitrogens with zero attached hydrogens (tertiary/aromatic N) is 2. The lowest BCUT2D eigenvalue weighted by Gasteiger charge is -2.45. The van der Waals surface area contributed by atoms with E-state index in [9.17, 15) is 0 Å². The van der Waals surface area contributed by atoms with Crippen molar-refractivity contribution in [2.24, 2.45) is 7.05 Å². The minimum atomic E-state index is 0.0247. The van der Waals surface area contributed by atoms with Crippen LogP contribution in [0.3, 0.4) is 0 Å². The Hall–Kier alpha value is 7.81. The highest BCUT2D eigenvalue weighted by molar-refractivity contribution is 9.36. The highest BCUT2D eigenvalue weighted by atomic mass is 33.4. The molecule has 0 fully saturated rings. The Labute approximate surface area is 207 Å². The van der Waals surface area contributed by atoms with E-state index in [1.165, 1.54) is 5.69 Å². The molecule has 0 aliphatic rings. The summed E-state index contributed by atoms with van der Waals surface area (Å²) >= 11 is 0. The van der Waals surface area contributed by atoms with Crippen LogP contribution in [0.1, 0.15) is 11.4 Å². The van der Waals surface area contributed by atoms with Gasteiger partial charge in [-0.05, 0) is 82.8 Å². The fourth-order valence-corrected chi connectivity index (χ4v) is 228. The fraction of sp³-hybridized carbons (Fsp3) is 0.500. The van der Waals surface area contributed by atoms with E-state index in [0.29, 0.717) is 0 Å². The summed E-state index contributed by atoms with van der Waals surface area (Å²) in [6.07, 6.45) is 0. The van der Waals surface area contributed by atoms with Crippen LogP contribution in [0.5, 0.6) is 0 Å². The maximum atomic E-state index is 4.13. The Morgan fingerprint density at radius 1 is 0.643 bits per heavy atom. The summed E-state index contributed by atoms with van der Waals surface area (Å²) < 4.78 is 1.87. The lowest BCUT2D eigenvalue weighted by Crippen LogP contribution is -1.91. The van der Waals surface area contributed by atoms with Crippen molar-refractivity contribution in [3.8, 4) is 0 Å². The first-order chi connectivity index (χ1) is 12.7. The molecule has 0 aliphatic carbocycles. The zero-order valence-electron chi connectivity index (χ0n) is 15.8. The summed E-state index contributed by atoms with van der Waals surface area (Å²) in [5, 5.41) is 4.13. The van der Waals surface area contributed by atoms with E-state index in [4.69, 9.17) is 0 Å². The first kappa shape index (κ1) is 35.8. The molecule has 0 aliphatic heterocycles. The molecule has 0 aromatic carbocycles. The van der Waals surface area contributed by atoms with Gasteiger partial charge in [-0.1, -0.05) is 0 Å². The minimum Gasteiger partial charge on any atom is -0.273 e. The van der Waals surface area contributed by atoms with E-state index in [1.807, 2.05) is 25.6 Å². The molecule has 0 radical (unpaired) electrons. The Morgan fingerprint density at radius 2 is 1.00 bits per heavy atom. The molecule has 0 N–H and O–H groups in total. The zero-order chi connectivity index (χ0) is 22.3. The molecule has 1 aromatic rings. The molecule has 0 saturated carbocycles. The number of hydrogen-bond acceptors (Lipinski definition) is 1. The molecule has 1 aromatic heterocycles. The van der Waals surface area contributed by atoms with E-state index in [2.05, 4.69) is 109 Å². The van der Waals surface area contributed by atoms with Gasteiger partial charge < -0.3 is 0 Å². The molecule has 166 valence electrons. The quantitative estimate of drug-likeness (QED) is 0.242. The zero-order valence-corrected chi connectivity index (χ0v) is 36.6. The summed E-state index contributed by atoms with van der Waals surface area (Å²) in [5.41, 5.74) is 2.30. The average Bonchev–Trinajstić information content (AvgIpc) is 2.80. The molecular weight excluding hydrogens is 720 g/mol.